The first-order valence-corrected chi connectivity index (χ1v) is 17.7. The molecule has 5 heteroatoms. The Hall–Kier alpha value is -7.03. The SMILES string of the molecule is CC12C=CC(c3cc(-c4ccc5oc6ccccc6c5c4)cc(-c4cc(-c5ccccc5C#N)nc(-c5ccccc5)n4)c3)=CC1c1ccccc1O2. The van der Waals surface area contributed by atoms with E-state index < -0.39 is 5.60 Å². The Morgan fingerprint density at radius 2 is 1.36 bits per heavy atom. The largest absolute Gasteiger partial charge is 0.482 e. The second-order valence-corrected chi connectivity index (χ2v) is 13.9. The first-order chi connectivity index (χ1) is 26.0. The Bertz CT molecular complexity index is 2860. The predicted octanol–water partition coefficient (Wildman–Crippen LogP) is 11.8. The van der Waals surface area contributed by atoms with E-state index in [1.807, 2.05) is 84.9 Å². The minimum Gasteiger partial charge on any atom is -0.482 e. The third-order valence-electron chi connectivity index (χ3n) is 10.5. The van der Waals surface area contributed by atoms with Crippen molar-refractivity contribution in [2.45, 2.75) is 18.4 Å². The lowest BCUT2D eigenvalue weighted by Gasteiger charge is -2.29. The van der Waals surface area contributed by atoms with Gasteiger partial charge in [-0.1, -0.05) is 103 Å². The van der Waals surface area contributed by atoms with E-state index in [9.17, 15) is 5.26 Å². The van der Waals surface area contributed by atoms with Crippen LogP contribution in [0, 0.1) is 11.3 Å². The molecule has 2 aliphatic rings. The number of benzene rings is 6. The molecular weight excluding hydrogens is 651 g/mol. The second kappa shape index (κ2) is 12.0. The Labute approximate surface area is 306 Å². The average molecular weight is 682 g/mol. The van der Waals surface area contributed by atoms with Gasteiger partial charge in [0.2, 0.25) is 0 Å². The van der Waals surface area contributed by atoms with Gasteiger partial charge in [0.25, 0.3) is 0 Å². The zero-order valence-electron chi connectivity index (χ0n) is 28.8. The van der Waals surface area contributed by atoms with Crippen LogP contribution in [0.5, 0.6) is 5.75 Å². The van der Waals surface area contributed by atoms with Crippen LogP contribution in [0.4, 0.5) is 0 Å². The summed E-state index contributed by atoms with van der Waals surface area (Å²) in [5, 5.41) is 12.2. The zero-order valence-corrected chi connectivity index (χ0v) is 28.8. The Morgan fingerprint density at radius 1 is 0.623 bits per heavy atom. The molecule has 2 unspecified atom stereocenters. The lowest BCUT2D eigenvalue weighted by atomic mass is 9.79. The van der Waals surface area contributed by atoms with E-state index in [0.717, 1.165) is 72.3 Å². The molecule has 0 spiro atoms. The van der Waals surface area contributed by atoms with Crippen LogP contribution in [0.15, 0.2) is 168 Å². The molecule has 1 aliphatic heterocycles. The molecule has 1 aliphatic carbocycles. The predicted molar refractivity (Wildman–Crippen MR) is 211 cm³/mol. The number of rotatable bonds is 5. The number of hydrogen-bond acceptors (Lipinski definition) is 5. The molecule has 0 N–H and O–H groups in total. The van der Waals surface area contributed by atoms with Gasteiger partial charge in [0.1, 0.15) is 22.5 Å². The molecule has 0 amide bonds. The summed E-state index contributed by atoms with van der Waals surface area (Å²) in [6.07, 6.45) is 6.71. The molecule has 10 rings (SSSR count). The van der Waals surface area contributed by atoms with Gasteiger partial charge in [0.15, 0.2) is 5.82 Å². The van der Waals surface area contributed by atoms with Crippen molar-refractivity contribution in [2.24, 2.45) is 0 Å². The molecule has 6 aromatic carbocycles. The van der Waals surface area contributed by atoms with Crippen LogP contribution < -0.4 is 4.74 Å². The minimum atomic E-state index is -0.457. The van der Waals surface area contributed by atoms with Crippen LogP contribution in [-0.2, 0) is 0 Å². The molecular formula is C48H31N3O2. The van der Waals surface area contributed by atoms with E-state index in [1.54, 1.807) is 0 Å². The van der Waals surface area contributed by atoms with Gasteiger partial charge in [-0.2, -0.15) is 5.26 Å². The van der Waals surface area contributed by atoms with Crippen LogP contribution in [0.25, 0.3) is 72.5 Å². The lowest BCUT2D eigenvalue weighted by Crippen LogP contribution is -2.32. The van der Waals surface area contributed by atoms with Crippen molar-refractivity contribution in [1.29, 1.82) is 5.26 Å². The van der Waals surface area contributed by atoms with E-state index in [2.05, 4.69) is 91.9 Å². The number of fused-ring (bicyclic) bond motifs is 6. The number of para-hydroxylation sites is 2. The Kier molecular flexibility index (Phi) is 6.99. The molecule has 2 atom stereocenters. The van der Waals surface area contributed by atoms with Gasteiger partial charge < -0.3 is 9.15 Å². The van der Waals surface area contributed by atoms with Crippen LogP contribution in [0.2, 0.25) is 0 Å². The van der Waals surface area contributed by atoms with Crippen LogP contribution in [0.1, 0.15) is 29.5 Å². The third-order valence-corrected chi connectivity index (χ3v) is 10.5. The van der Waals surface area contributed by atoms with Crippen molar-refractivity contribution in [1.82, 2.24) is 9.97 Å². The number of nitrogens with zero attached hydrogens (tertiary/aromatic N) is 3. The Morgan fingerprint density at radius 3 is 2.26 bits per heavy atom. The fraction of sp³-hybridized carbons (Fsp3) is 0.0625. The average Bonchev–Trinajstić information content (AvgIpc) is 3.74. The van der Waals surface area contributed by atoms with E-state index in [1.165, 1.54) is 5.56 Å². The van der Waals surface area contributed by atoms with Gasteiger partial charge in [0.05, 0.1) is 23.0 Å². The highest BCUT2D eigenvalue weighted by molar-refractivity contribution is 6.06. The number of hydrogen-bond donors (Lipinski definition) is 0. The van der Waals surface area contributed by atoms with E-state index in [4.69, 9.17) is 19.1 Å². The number of ether oxygens (including phenoxy) is 1. The topological polar surface area (TPSA) is 71.9 Å². The zero-order chi connectivity index (χ0) is 35.5. The number of nitriles is 1. The highest BCUT2D eigenvalue weighted by Crippen LogP contribution is 2.50. The fourth-order valence-electron chi connectivity index (χ4n) is 7.78. The summed E-state index contributed by atoms with van der Waals surface area (Å²) in [5.41, 5.74) is 11.4. The molecule has 8 aromatic rings. The molecule has 2 aromatic heterocycles. The standard InChI is InChI=1S/C48H31N3O2/c1-48-22-21-32(27-41(48)39-16-8-10-18-46(39)53-48)35-23-34(31-19-20-45-40(26-31)38-15-7-9-17-44(38)52-45)24-36(25-35)42-28-43(37-14-6-5-13-33(37)29-49)51-47(50-42)30-11-3-2-4-12-30/h2-28,41H,1H3. The quantitative estimate of drug-likeness (QED) is 0.181. The van der Waals surface area contributed by atoms with E-state index in [0.29, 0.717) is 17.1 Å². The second-order valence-electron chi connectivity index (χ2n) is 13.9. The van der Waals surface area contributed by atoms with E-state index in [-0.39, 0.29) is 5.92 Å². The van der Waals surface area contributed by atoms with Crippen molar-refractivity contribution in [3.05, 3.63) is 181 Å². The summed E-state index contributed by atoms with van der Waals surface area (Å²) >= 11 is 0. The normalized spacial score (nSPS) is 17.2. The first kappa shape index (κ1) is 30.8. The van der Waals surface area contributed by atoms with Gasteiger partial charge in [-0.05, 0) is 89.9 Å². The smallest absolute Gasteiger partial charge is 0.160 e. The van der Waals surface area contributed by atoms with Gasteiger partial charge in [-0.15, -0.1) is 0 Å². The summed E-state index contributed by atoms with van der Waals surface area (Å²) in [5.74, 6) is 1.59. The monoisotopic (exact) mass is 681 g/mol. The fourth-order valence-corrected chi connectivity index (χ4v) is 7.78. The molecule has 3 heterocycles. The van der Waals surface area contributed by atoms with Crippen molar-refractivity contribution in [3.8, 4) is 56.8 Å². The first-order valence-electron chi connectivity index (χ1n) is 17.7. The molecule has 0 fully saturated rings. The van der Waals surface area contributed by atoms with Crippen molar-refractivity contribution in [3.63, 3.8) is 0 Å². The molecule has 5 nitrogen and oxygen atoms in total. The number of aromatic nitrogens is 2. The summed E-state index contributed by atoms with van der Waals surface area (Å²) in [4.78, 5) is 10.2. The summed E-state index contributed by atoms with van der Waals surface area (Å²) < 4.78 is 12.7. The number of allylic oxidation sites excluding steroid dienone is 2. The van der Waals surface area contributed by atoms with Gasteiger partial charge in [-0.3, -0.25) is 0 Å². The molecule has 250 valence electrons. The number of furan rings is 1. The maximum Gasteiger partial charge on any atom is 0.160 e. The van der Waals surface area contributed by atoms with E-state index >= 15 is 0 Å². The molecule has 53 heavy (non-hydrogen) atoms. The Balaban J connectivity index is 1.20. The molecule has 0 bridgehead atoms. The van der Waals surface area contributed by atoms with Gasteiger partial charge in [0, 0.05) is 38.9 Å². The van der Waals surface area contributed by atoms with Crippen LogP contribution in [-0.4, -0.2) is 15.6 Å². The highest BCUT2D eigenvalue weighted by Gasteiger charge is 2.43. The summed E-state index contributed by atoms with van der Waals surface area (Å²) in [6.45, 7) is 2.15. The maximum absolute atomic E-state index is 10.0. The minimum absolute atomic E-state index is 0.0669. The molecule has 0 saturated carbocycles. The van der Waals surface area contributed by atoms with Gasteiger partial charge in [-0.25, -0.2) is 9.97 Å². The third kappa shape index (κ3) is 5.23. The van der Waals surface area contributed by atoms with Crippen LogP contribution in [0.3, 0.4) is 0 Å². The van der Waals surface area contributed by atoms with Crippen molar-refractivity contribution in [2.75, 3.05) is 0 Å². The van der Waals surface area contributed by atoms with Gasteiger partial charge >= 0.3 is 0 Å². The summed E-state index contributed by atoms with van der Waals surface area (Å²) in [7, 11) is 0. The van der Waals surface area contributed by atoms with Crippen molar-refractivity contribution < 1.29 is 9.15 Å². The molecule has 0 saturated heterocycles. The molecule has 0 radical (unpaired) electrons. The van der Waals surface area contributed by atoms with Crippen molar-refractivity contribution >= 4 is 27.5 Å². The maximum atomic E-state index is 10.0. The highest BCUT2D eigenvalue weighted by atomic mass is 16.5. The summed E-state index contributed by atoms with van der Waals surface area (Å²) in [6, 6.07) is 51.5. The lowest BCUT2D eigenvalue weighted by molar-refractivity contribution is 0.155. The van der Waals surface area contributed by atoms with Crippen LogP contribution >= 0.6 is 0 Å².